The second-order valence-electron chi connectivity index (χ2n) is 4.31. The second kappa shape index (κ2) is 5.71. The molecule has 3 N–H and O–H groups in total. The van der Waals surface area contributed by atoms with Gasteiger partial charge in [0.25, 0.3) is 10.0 Å². The van der Waals surface area contributed by atoms with E-state index in [-0.39, 0.29) is 16.3 Å². The van der Waals surface area contributed by atoms with Gasteiger partial charge in [-0.05, 0) is 52.7 Å². The van der Waals surface area contributed by atoms with Gasteiger partial charge in [-0.1, -0.05) is 0 Å². The number of nitriles is 1. The van der Waals surface area contributed by atoms with Crippen molar-refractivity contribution in [2.45, 2.75) is 11.8 Å². The van der Waals surface area contributed by atoms with Crippen molar-refractivity contribution in [2.75, 3.05) is 10.5 Å². The quantitative estimate of drug-likeness (QED) is 0.810. The highest BCUT2D eigenvalue weighted by molar-refractivity contribution is 9.10. The predicted molar refractivity (Wildman–Crippen MR) is 83.1 cm³/mol. The van der Waals surface area contributed by atoms with E-state index in [0.29, 0.717) is 10.2 Å². The third-order valence-electron chi connectivity index (χ3n) is 2.66. The highest BCUT2D eigenvalue weighted by Crippen LogP contribution is 2.32. The lowest BCUT2D eigenvalue weighted by atomic mass is 10.2. The van der Waals surface area contributed by atoms with E-state index in [1.807, 2.05) is 13.0 Å². The first-order valence-electron chi connectivity index (χ1n) is 5.78. The molecule has 0 saturated carbocycles. The molecule has 1 aromatic carbocycles. The fourth-order valence-electron chi connectivity index (χ4n) is 1.68. The van der Waals surface area contributed by atoms with Crippen LogP contribution in [0.1, 0.15) is 11.3 Å². The molecule has 21 heavy (non-hydrogen) atoms. The van der Waals surface area contributed by atoms with Crippen LogP contribution in [-0.4, -0.2) is 13.4 Å². The van der Waals surface area contributed by atoms with Crippen molar-refractivity contribution in [2.24, 2.45) is 0 Å². The molecule has 0 amide bonds. The van der Waals surface area contributed by atoms with Crippen molar-refractivity contribution in [3.63, 3.8) is 0 Å². The Morgan fingerprint density at radius 3 is 2.62 bits per heavy atom. The zero-order valence-electron chi connectivity index (χ0n) is 11.0. The SMILES string of the molecule is Cc1cc(N)c(NS(=O)(=O)c2ccc(C#N)nc2)c(Br)c1. The van der Waals surface area contributed by atoms with Gasteiger partial charge in [-0.3, -0.25) is 4.72 Å². The molecule has 8 heteroatoms. The van der Waals surface area contributed by atoms with E-state index in [0.717, 1.165) is 11.8 Å². The minimum atomic E-state index is -3.83. The summed E-state index contributed by atoms with van der Waals surface area (Å²) in [6.45, 7) is 1.85. The smallest absolute Gasteiger partial charge is 0.263 e. The maximum Gasteiger partial charge on any atom is 0.263 e. The lowest BCUT2D eigenvalue weighted by Crippen LogP contribution is -2.15. The zero-order chi connectivity index (χ0) is 15.6. The highest BCUT2D eigenvalue weighted by Gasteiger charge is 2.18. The number of nitrogens with zero attached hydrogens (tertiary/aromatic N) is 2. The lowest BCUT2D eigenvalue weighted by molar-refractivity contribution is 0.601. The first-order chi connectivity index (χ1) is 9.83. The Morgan fingerprint density at radius 2 is 2.10 bits per heavy atom. The molecule has 0 saturated heterocycles. The molecule has 1 heterocycles. The van der Waals surface area contributed by atoms with Crippen LogP contribution in [0.3, 0.4) is 0 Å². The number of hydrogen-bond donors (Lipinski definition) is 2. The van der Waals surface area contributed by atoms with Crippen LogP contribution in [0.15, 0.2) is 39.8 Å². The van der Waals surface area contributed by atoms with Gasteiger partial charge in [-0.2, -0.15) is 5.26 Å². The normalized spacial score (nSPS) is 10.9. The molecule has 0 radical (unpaired) electrons. The third kappa shape index (κ3) is 3.32. The van der Waals surface area contributed by atoms with Gasteiger partial charge in [-0.15, -0.1) is 0 Å². The van der Waals surface area contributed by atoms with E-state index in [2.05, 4.69) is 25.6 Å². The summed E-state index contributed by atoms with van der Waals surface area (Å²) in [4.78, 5) is 3.69. The summed E-state index contributed by atoms with van der Waals surface area (Å²) in [5.74, 6) is 0. The van der Waals surface area contributed by atoms with E-state index in [9.17, 15) is 8.42 Å². The van der Waals surface area contributed by atoms with Crippen molar-refractivity contribution < 1.29 is 8.42 Å². The number of rotatable bonds is 3. The number of nitrogen functional groups attached to an aromatic ring is 1. The molecule has 6 nitrogen and oxygen atoms in total. The second-order valence-corrected chi connectivity index (χ2v) is 6.84. The van der Waals surface area contributed by atoms with Crippen LogP contribution >= 0.6 is 15.9 Å². The van der Waals surface area contributed by atoms with Gasteiger partial charge in [0.15, 0.2) is 0 Å². The molecule has 108 valence electrons. The van der Waals surface area contributed by atoms with E-state index < -0.39 is 10.0 Å². The average molecular weight is 367 g/mol. The van der Waals surface area contributed by atoms with Crippen LogP contribution < -0.4 is 10.5 Å². The van der Waals surface area contributed by atoms with E-state index >= 15 is 0 Å². The van der Waals surface area contributed by atoms with Gasteiger partial charge in [-0.25, -0.2) is 13.4 Å². The standard InChI is InChI=1S/C13H11BrN4O2S/c1-8-4-11(14)13(12(16)5-8)18-21(19,20)10-3-2-9(6-15)17-7-10/h2-5,7,18H,16H2,1H3. The van der Waals surface area contributed by atoms with E-state index in [4.69, 9.17) is 11.0 Å². The molecule has 0 unspecified atom stereocenters. The number of sulfonamides is 1. The molecule has 0 atom stereocenters. The number of benzene rings is 1. The van der Waals surface area contributed by atoms with Gasteiger partial charge >= 0.3 is 0 Å². The summed E-state index contributed by atoms with van der Waals surface area (Å²) >= 11 is 3.28. The zero-order valence-corrected chi connectivity index (χ0v) is 13.4. The fraction of sp³-hybridized carbons (Fsp3) is 0.0769. The van der Waals surface area contributed by atoms with Crippen LogP contribution in [0.5, 0.6) is 0 Å². The number of hydrogen-bond acceptors (Lipinski definition) is 5. The molecule has 2 rings (SSSR count). The molecule has 0 aliphatic heterocycles. The molecule has 0 spiro atoms. The first kappa shape index (κ1) is 15.3. The summed E-state index contributed by atoms with van der Waals surface area (Å²) in [6, 6.07) is 7.89. The third-order valence-corrected chi connectivity index (χ3v) is 4.62. The molecule has 0 aliphatic carbocycles. The number of nitrogens with one attached hydrogen (secondary N) is 1. The monoisotopic (exact) mass is 366 g/mol. The van der Waals surface area contributed by atoms with E-state index in [1.54, 1.807) is 12.1 Å². The van der Waals surface area contributed by atoms with Crippen LogP contribution in [0.4, 0.5) is 11.4 Å². The molecule has 0 bridgehead atoms. The summed E-state index contributed by atoms with van der Waals surface area (Å²) in [5, 5.41) is 8.66. The number of nitrogens with two attached hydrogens (primary N) is 1. The Morgan fingerprint density at radius 1 is 1.38 bits per heavy atom. The minimum Gasteiger partial charge on any atom is -0.397 e. The van der Waals surface area contributed by atoms with Crippen molar-refractivity contribution in [3.8, 4) is 6.07 Å². The first-order valence-corrected chi connectivity index (χ1v) is 8.05. The van der Waals surface area contributed by atoms with Gasteiger partial charge in [0, 0.05) is 10.7 Å². The molecule has 0 fully saturated rings. The molecular formula is C13H11BrN4O2S. The summed E-state index contributed by atoms with van der Waals surface area (Å²) < 4.78 is 27.5. The minimum absolute atomic E-state index is 0.0478. The molecular weight excluding hydrogens is 356 g/mol. The van der Waals surface area contributed by atoms with E-state index in [1.165, 1.54) is 12.1 Å². The average Bonchev–Trinajstić information content (AvgIpc) is 2.43. The predicted octanol–water partition coefficient (Wildman–Crippen LogP) is 2.41. The van der Waals surface area contributed by atoms with Crippen molar-refractivity contribution in [1.82, 2.24) is 4.98 Å². The summed E-state index contributed by atoms with van der Waals surface area (Å²) in [6.07, 6.45) is 1.12. The van der Waals surface area contributed by atoms with Gasteiger partial charge in [0.1, 0.15) is 16.7 Å². The molecule has 2 aromatic rings. The van der Waals surface area contributed by atoms with Crippen molar-refractivity contribution in [1.29, 1.82) is 5.26 Å². The van der Waals surface area contributed by atoms with Crippen LogP contribution in [0.2, 0.25) is 0 Å². The number of pyridine rings is 1. The number of halogens is 1. The number of anilines is 2. The lowest BCUT2D eigenvalue weighted by Gasteiger charge is -2.13. The Balaban J connectivity index is 2.40. The van der Waals surface area contributed by atoms with Crippen LogP contribution in [-0.2, 0) is 10.0 Å². The van der Waals surface area contributed by atoms with Gasteiger partial charge < -0.3 is 5.73 Å². The maximum absolute atomic E-state index is 12.3. The van der Waals surface area contributed by atoms with Crippen LogP contribution in [0, 0.1) is 18.3 Å². The number of aromatic nitrogens is 1. The van der Waals surface area contributed by atoms with Crippen molar-refractivity contribution >= 4 is 37.3 Å². The van der Waals surface area contributed by atoms with Crippen molar-refractivity contribution in [3.05, 3.63) is 46.2 Å². The van der Waals surface area contributed by atoms with Gasteiger partial charge in [0.2, 0.25) is 0 Å². The maximum atomic E-state index is 12.3. The Kier molecular flexibility index (Phi) is 4.16. The van der Waals surface area contributed by atoms with Gasteiger partial charge in [0.05, 0.1) is 11.4 Å². The summed E-state index contributed by atoms with van der Waals surface area (Å²) in [7, 11) is -3.83. The summed E-state index contributed by atoms with van der Waals surface area (Å²) in [5.41, 5.74) is 7.47. The Labute approximate surface area is 130 Å². The highest BCUT2D eigenvalue weighted by atomic mass is 79.9. The topological polar surface area (TPSA) is 109 Å². The molecule has 0 aliphatic rings. The Bertz CT molecular complexity index is 803. The Hall–Kier alpha value is -2.11. The van der Waals surface area contributed by atoms with Crippen LogP contribution in [0.25, 0.3) is 0 Å². The largest absolute Gasteiger partial charge is 0.397 e. The number of aryl methyl sites for hydroxylation is 1. The molecule has 1 aromatic heterocycles. The fourth-order valence-corrected chi connectivity index (χ4v) is 3.55.